The van der Waals surface area contributed by atoms with Gasteiger partial charge in [0.15, 0.2) is 0 Å². The average molecular weight is 290 g/mol. The Morgan fingerprint density at radius 3 is 2.45 bits per heavy atom. The van der Waals surface area contributed by atoms with Gasteiger partial charge in [-0.05, 0) is 56.4 Å². The largest absolute Gasteiger partial charge is 0.311 e. The van der Waals surface area contributed by atoms with Gasteiger partial charge in [-0.15, -0.1) is 11.3 Å². The van der Waals surface area contributed by atoms with Crippen LogP contribution in [0.1, 0.15) is 38.3 Å². The molecular formula is C17H26N2S. The third-order valence-electron chi connectivity index (χ3n) is 4.76. The van der Waals surface area contributed by atoms with E-state index in [4.69, 9.17) is 0 Å². The lowest BCUT2D eigenvalue weighted by atomic mass is 9.79. The van der Waals surface area contributed by atoms with Gasteiger partial charge in [-0.1, -0.05) is 32.0 Å². The van der Waals surface area contributed by atoms with E-state index in [2.05, 4.69) is 74.9 Å². The maximum absolute atomic E-state index is 3.59. The van der Waals surface area contributed by atoms with Crippen molar-refractivity contribution in [2.75, 3.05) is 21.1 Å². The van der Waals surface area contributed by atoms with E-state index in [9.17, 15) is 0 Å². The molecule has 0 saturated carbocycles. The molecule has 0 spiro atoms. The molecule has 0 amide bonds. The summed E-state index contributed by atoms with van der Waals surface area (Å²) in [6, 6.07) is 9.22. The fourth-order valence-electron chi connectivity index (χ4n) is 3.51. The number of fused-ring (bicyclic) bond motifs is 1. The Balaban J connectivity index is 2.59. The normalized spacial score (nSPS) is 14.1. The van der Waals surface area contributed by atoms with Crippen LogP contribution in [0.3, 0.4) is 0 Å². The number of thiophene rings is 1. The van der Waals surface area contributed by atoms with Crippen LogP contribution in [-0.2, 0) is 0 Å². The SMILES string of the molecule is CCC(CC)(C(NC)c1cccc2ccsc12)N(C)C. The van der Waals surface area contributed by atoms with Crippen LogP contribution in [0.5, 0.6) is 0 Å². The number of hydrogen-bond donors (Lipinski definition) is 1. The molecule has 110 valence electrons. The molecule has 1 aromatic carbocycles. The van der Waals surface area contributed by atoms with Gasteiger partial charge in [0.25, 0.3) is 0 Å². The summed E-state index contributed by atoms with van der Waals surface area (Å²) in [4.78, 5) is 2.39. The first kappa shape index (κ1) is 15.5. The summed E-state index contributed by atoms with van der Waals surface area (Å²) in [5, 5.41) is 7.13. The smallest absolute Gasteiger partial charge is 0.0518 e. The number of nitrogens with zero attached hydrogens (tertiary/aromatic N) is 1. The molecule has 0 aliphatic rings. The molecule has 2 rings (SSSR count). The number of nitrogens with one attached hydrogen (secondary N) is 1. The summed E-state index contributed by atoms with van der Waals surface area (Å²) in [5.41, 5.74) is 1.57. The zero-order valence-corrected chi connectivity index (χ0v) is 14.1. The summed E-state index contributed by atoms with van der Waals surface area (Å²) in [6.07, 6.45) is 2.26. The van der Waals surface area contributed by atoms with Crippen molar-refractivity contribution in [2.45, 2.75) is 38.3 Å². The van der Waals surface area contributed by atoms with Gasteiger partial charge in [-0.25, -0.2) is 0 Å². The van der Waals surface area contributed by atoms with Crippen LogP contribution in [-0.4, -0.2) is 31.6 Å². The topological polar surface area (TPSA) is 15.3 Å². The second-order valence-corrected chi connectivity index (χ2v) is 6.53. The molecule has 3 heteroatoms. The van der Waals surface area contributed by atoms with Crippen molar-refractivity contribution in [2.24, 2.45) is 0 Å². The van der Waals surface area contributed by atoms with Gasteiger partial charge in [-0.2, -0.15) is 0 Å². The van der Waals surface area contributed by atoms with Crippen LogP contribution >= 0.6 is 11.3 Å². The Labute approximate surface area is 126 Å². The molecule has 1 aromatic heterocycles. The van der Waals surface area contributed by atoms with Gasteiger partial charge >= 0.3 is 0 Å². The van der Waals surface area contributed by atoms with Gasteiger partial charge in [0, 0.05) is 10.2 Å². The van der Waals surface area contributed by atoms with Crippen LogP contribution in [0.2, 0.25) is 0 Å². The van der Waals surface area contributed by atoms with Gasteiger partial charge < -0.3 is 10.2 Å². The van der Waals surface area contributed by atoms with E-state index in [-0.39, 0.29) is 5.54 Å². The van der Waals surface area contributed by atoms with E-state index in [0.29, 0.717) is 6.04 Å². The third kappa shape index (κ3) is 2.39. The zero-order valence-electron chi connectivity index (χ0n) is 13.2. The molecule has 1 unspecified atom stereocenters. The van der Waals surface area contributed by atoms with Crippen LogP contribution in [0.15, 0.2) is 29.6 Å². The van der Waals surface area contributed by atoms with E-state index in [1.807, 2.05) is 11.3 Å². The third-order valence-corrected chi connectivity index (χ3v) is 5.74. The molecule has 0 fully saturated rings. The molecule has 0 aliphatic heterocycles. The van der Waals surface area contributed by atoms with E-state index >= 15 is 0 Å². The number of benzene rings is 1. The first-order valence-corrected chi connectivity index (χ1v) is 8.29. The average Bonchev–Trinajstić information content (AvgIpc) is 2.93. The standard InChI is InChI=1S/C17H26N2S/c1-6-17(7-2,19(4)5)16(18-3)14-10-8-9-13-11-12-20-15(13)14/h8-12,16,18H,6-7H2,1-5H3. The molecule has 1 heterocycles. The number of likely N-dealkylation sites (N-methyl/N-ethyl adjacent to an activating group) is 2. The molecule has 2 nitrogen and oxygen atoms in total. The van der Waals surface area contributed by atoms with Gasteiger partial charge in [0.1, 0.15) is 0 Å². The fourth-order valence-corrected chi connectivity index (χ4v) is 4.45. The zero-order chi connectivity index (χ0) is 14.8. The lowest BCUT2D eigenvalue weighted by Crippen LogP contribution is -2.52. The van der Waals surface area contributed by atoms with Crippen molar-refractivity contribution in [3.05, 3.63) is 35.2 Å². The lowest BCUT2D eigenvalue weighted by Gasteiger charge is -2.45. The first-order valence-electron chi connectivity index (χ1n) is 7.41. The predicted octanol–water partition coefficient (Wildman–Crippen LogP) is 4.28. The molecule has 2 aromatic rings. The monoisotopic (exact) mass is 290 g/mol. The Morgan fingerprint density at radius 1 is 1.20 bits per heavy atom. The Hall–Kier alpha value is -0.900. The molecule has 0 radical (unpaired) electrons. The minimum Gasteiger partial charge on any atom is -0.311 e. The summed E-state index contributed by atoms with van der Waals surface area (Å²) in [7, 11) is 6.48. The van der Waals surface area contributed by atoms with Crippen molar-refractivity contribution in [3.63, 3.8) is 0 Å². The van der Waals surface area contributed by atoms with E-state index in [0.717, 1.165) is 12.8 Å². The molecule has 1 atom stereocenters. The van der Waals surface area contributed by atoms with Crippen molar-refractivity contribution in [3.8, 4) is 0 Å². The van der Waals surface area contributed by atoms with Gasteiger partial charge in [0.2, 0.25) is 0 Å². The summed E-state index contributed by atoms with van der Waals surface area (Å²) >= 11 is 1.85. The summed E-state index contributed by atoms with van der Waals surface area (Å²) in [6.45, 7) is 4.59. The van der Waals surface area contributed by atoms with Crippen LogP contribution in [0.4, 0.5) is 0 Å². The second-order valence-electron chi connectivity index (χ2n) is 5.61. The molecule has 0 saturated heterocycles. The quantitative estimate of drug-likeness (QED) is 0.854. The van der Waals surface area contributed by atoms with Crippen LogP contribution in [0, 0.1) is 0 Å². The number of hydrogen-bond acceptors (Lipinski definition) is 3. The first-order chi connectivity index (χ1) is 9.60. The highest BCUT2D eigenvalue weighted by Gasteiger charge is 2.38. The predicted molar refractivity (Wildman–Crippen MR) is 90.6 cm³/mol. The minimum absolute atomic E-state index is 0.146. The Morgan fingerprint density at radius 2 is 1.90 bits per heavy atom. The van der Waals surface area contributed by atoms with Crippen molar-refractivity contribution >= 4 is 21.4 Å². The van der Waals surface area contributed by atoms with Crippen LogP contribution < -0.4 is 5.32 Å². The maximum atomic E-state index is 3.59. The fraction of sp³-hybridized carbons (Fsp3) is 0.529. The van der Waals surface area contributed by atoms with Crippen molar-refractivity contribution in [1.29, 1.82) is 0 Å². The maximum Gasteiger partial charge on any atom is 0.0518 e. The highest BCUT2D eigenvalue weighted by Crippen LogP contribution is 2.39. The summed E-state index contributed by atoms with van der Waals surface area (Å²) in [5.74, 6) is 0. The summed E-state index contributed by atoms with van der Waals surface area (Å²) < 4.78 is 1.42. The molecule has 0 aliphatic carbocycles. The second kappa shape index (κ2) is 6.25. The van der Waals surface area contributed by atoms with Crippen LogP contribution in [0.25, 0.3) is 10.1 Å². The Bertz CT molecular complexity index is 555. The molecule has 1 N–H and O–H groups in total. The highest BCUT2D eigenvalue weighted by molar-refractivity contribution is 7.17. The van der Waals surface area contributed by atoms with Gasteiger partial charge in [-0.3, -0.25) is 0 Å². The highest BCUT2D eigenvalue weighted by atomic mass is 32.1. The van der Waals surface area contributed by atoms with Crippen molar-refractivity contribution < 1.29 is 0 Å². The minimum atomic E-state index is 0.146. The molecule has 20 heavy (non-hydrogen) atoms. The number of rotatable bonds is 6. The van der Waals surface area contributed by atoms with E-state index < -0.39 is 0 Å². The lowest BCUT2D eigenvalue weighted by molar-refractivity contribution is 0.0924. The van der Waals surface area contributed by atoms with Crippen molar-refractivity contribution in [1.82, 2.24) is 10.2 Å². The molecular weight excluding hydrogens is 264 g/mol. The molecule has 0 bridgehead atoms. The Kier molecular flexibility index (Phi) is 4.84. The van der Waals surface area contributed by atoms with E-state index in [1.165, 1.54) is 15.6 Å². The van der Waals surface area contributed by atoms with Gasteiger partial charge in [0.05, 0.1) is 6.04 Å². The van der Waals surface area contributed by atoms with E-state index in [1.54, 1.807) is 0 Å².